The van der Waals surface area contributed by atoms with Crippen LogP contribution in [-0.4, -0.2) is 21.8 Å². The van der Waals surface area contributed by atoms with Gasteiger partial charge in [0.25, 0.3) is 5.56 Å². The summed E-state index contributed by atoms with van der Waals surface area (Å²) < 4.78 is 2.48. The van der Waals surface area contributed by atoms with Gasteiger partial charge in [-0.05, 0) is 24.5 Å². The summed E-state index contributed by atoms with van der Waals surface area (Å²) in [5.74, 6) is 0.898. The standard InChI is InChI=1S/C11H11BrN2OS/c1-16-5-4-14-11(15)10-3-2-9(12)6-8(10)7-13-14/h2-3,6-7H,4-5H2,1H3. The highest BCUT2D eigenvalue weighted by Gasteiger charge is 2.03. The highest BCUT2D eigenvalue weighted by Crippen LogP contribution is 2.15. The fourth-order valence-corrected chi connectivity index (χ4v) is 2.23. The van der Waals surface area contributed by atoms with Crippen LogP contribution in [0.15, 0.2) is 33.7 Å². The van der Waals surface area contributed by atoms with Gasteiger partial charge in [-0.3, -0.25) is 4.79 Å². The first-order valence-electron chi connectivity index (χ1n) is 4.86. The maximum atomic E-state index is 12.0. The van der Waals surface area contributed by atoms with Gasteiger partial charge in [0, 0.05) is 15.6 Å². The summed E-state index contributed by atoms with van der Waals surface area (Å²) in [7, 11) is 0. The number of fused-ring (bicyclic) bond motifs is 1. The van der Waals surface area contributed by atoms with Crippen molar-refractivity contribution in [2.75, 3.05) is 12.0 Å². The Hall–Kier alpha value is -0.810. The number of rotatable bonds is 3. The number of benzene rings is 1. The topological polar surface area (TPSA) is 34.9 Å². The molecule has 0 N–H and O–H groups in total. The molecule has 0 aliphatic rings. The van der Waals surface area contributed by atoms with Crippen LogP contribution in [0.3, 0.4) is 0 Å². The largest absolute Gasteiger partial charge is 0.274 e. The molecule has 1 aromatic heterocycles. The smallest absolute Gasteiger partial charge is 0.267 e. The second-order valence-corrected chi connectivity index (χ2v) is 5.30. The SMILES string of the molecule is CSCCn1ncc2cc(Br)ccc2c1=O. The minimum absolute atomic E-state index is 0.0148. The zero-order valence-electron chi connectivity index (χ0n) is 8.81. The second-order valence-electron chi connectivity index (χ2n) is 3.40. The molecule has 16 heavy (non-hydrogen) atoms. The lowest BCUT2D eigenvalue weighted by Crippen LogP contribution is -2.23. The summed E-state index contributed by atoms with van der Waals surface area (Å²) in [6, 6.07) is 5.62. The average Bonchev–Trinajstić information content (AvgIpc) is 2.28. The molecule has 84 valence electrons. The number of thioether (sulfide) groups is 1. The predicted molar refractivity (Wildman–Crippen MR) is 72.1 cm³/mol. The van der Waals surface area contributed by atoms with E-state index in [1.807, 2.05) is 24.5 Å². The molecular formula is C11H11BrN2OS. The number of halogens is 1. The quantitative estimate of drug-likeness (QED) is 0.873. The van der Waals surface area contributed by atoms with E-state index in [1.54, 1.807) is 18.0 Å². The van der Waals surface area contributed by atoms with Crippen molar-refractivity contribution in [1.82, 2.24) is 9.78 Å². The molecule has 1 heterocycles. The maximum absolute atomic E-state index is 12.0. The predicted octanol–water partition coefficient (Wildman–Crippen LogP) is 2.52. The van der Waals surface area contributed by atoms with E-state index in [0.717, 1.165) is 21.0 Å². The summed E-state index contributed by atoms with van der Waals surface area (Å²) in [5.41, 5.74) is -0.0148. The monoisotopic (exact) mass is 298 g/mol. The lowest BCUT2D eigenvalue weighted by Gasteiger charge is -2.04. The Labute approximate surface area is 106 Å². The summed E-state index contributed by atoms with van der Waals surface area (Å²) in [5, 5.41) is 5.75. The number of aromatic nitrogens is 2. The lowest BCUT2D eigenvalue weighted by molar-refractivity contribution is 0.629. The van der Waals surface area contributed by atoms with Gasteiger partial charge in [-0.2, -0.15) is 16.9 Å². The van der Waals surface area contributed by atoms with Crippen LogP contribution < -0.4 is 5.56 Å². The fraction of sp³-hybridized carbons (Fsp3) is 0.273. The summed E-state index contributed by atoms with van der Waals surface area (Å²) in [6.07, 6.45) is 3.75. The number of aryl methyl sites for hydroxylation is 1. The molecule has 5 heteroatoms. The molecule has 0 aliphatic heterocycles. The first kappa shape index (κ1) is 11.7. The molecule has 0 saturated carbocycles. The highest BCUT2D eigenvalue weighted by atomic mass is 79.9. The molecule has 0 radical (unpaired) electrons. The van der Waals surface area contributed by atoms with Gasteiger partial charge in [0.1, 0.15) is 0 Å². The first-order valence-corrected chi connectivity index (χ1v) is 7.05. The van der Waals surface area contributed by atoms with Gasteiger partial charge < -0.3 is 0 Å². The summed E-state index contributed by atoms with van der Waals surface area (Å²) in [6.45, 7) is 0.659. The number of hydrogen-bond donors (Lipinski definition) is 0. The zero-order valence-corrected chi connectivity index (χ0v) is 11.2. The minimum Gasteiger partial charge on any atom is -0.267 e. The number of hydrogen-bond acceptors (Lipinski definition) is 3. The van der Waals surface area contributed by atoms with E-state index in [-0.39, 0.29) is 5.56 Å². The van der Waals surface area contributed by atoms with Crippen molar-refractivity contribution in [2.24, 2.45) is 0 Å². The van der Waals surface area contributed by atoms with Crippen molar-refractivity contribution < 1.29 is 0 Å². The van der Waals surface area contributed by atoms with Crippen LogP contribution in [0, 0.1) is 0 Å². The molecule has 0 bridgehead atoms. The second kappa shape index (κ2) is 5.01. The lowest BCUT2D eigenvalue weighted by atomic mass is 10.2. The maximum Gasteiger partial charge on any atom is 0.274 e. The summed E-state index contributed by atoms with van der Waals surface area (Å²) >= 11 is 5.08. The normalized spacial score (nSPS) is 10.9. The molecule has 0 saturated heterocycles. The van der Waals surface area contributed by atoms with E-state index >= 15 is 0 Å². The Kier molecular flexibility index (Phi) is 3.66. The number of nitrogens with zero attached hydrogens (tertiary/aromatic N) is 2. The Morgan fingerprint density at radius 1 is 1.50 bits per heavy atom. The molecule has 0 unspecified atom stereocenters. The van der Waals surface area contributed by atoms with Crippen LogP contribution >= 0.6 is 27.7 Å². The van der Waals surface area contributed by atoms with Gasteiger partial charge in [-0.1, -0.05) is 15.9 Å². The fourth-order valence-electron chi connectivity index (χ4n) is 1.50. The molecule has 2 rings (SSSR count). The molecule has 0 aliphatic carbocycles. The van der Waals surface area contributed by atoms with E-state index in [2.05, 4.69) is 21.0 Å². The van der Waals surface area contributed by atoms with Crippen molar-refractivity contribution in [3.63, 3.8) is 0 Å². The van der Waals surface area contributed by atoms with Gasteiger partial charge in [0.15, 0.2) is 0 Å². The molecule has 1 aromatic carbocycles. The molecule has 0 spiro atoms. The van der Waals surface area contributed by atoms with E-state index in [0.29, 0.717) is 6.54 Å². The third-order valence-corrected chi connectivity index (χ3v) is 3.41. The molecule has 0 atom stereocenters. The van der Waals surface area contributed by atoms with Crippen molar-refractivity contribution in [3.05, 3.63) is 39.2 Å². The van der Waals surface area contributed by atoms with Crippen LogP contribution in [0.1, 0.15) is 0 Å². The van der Waals surface area contributed by atoms with E-state index < -0.39 is 0 Å². The minimum atomic E-state index is -0.0148. The molecule has 2 aromatic rings. The molecular weight excluding hydrogens is 288 g/mol. The Morgan fingerprint density at radius 2 is 2.31 bits per heavy atom. The molecule has 0 amide bonds. The van der Waals surface area contributed by atoms with Crippen LogP contribution in [0.5, 0.6) is 0 Å². The van der Waals surface area contributed by atoms with Gasteiger partial charge >= 0.3 is 0 Å². The summed E-state index contributed by atoms with van der Waals surface area (Å²) in [4.78, 5) is 12.0. The third kappa shape index (κ3) is 2.30. The Morgan fingerprint density at radius 3 is 3.06 bits per heavy atom. The van der Waals surface area contributed by atoms with Crippen molar-refractivity contribution in [1.29, 1.82) is 0 Å². The van der Waals surface area contributed by atoms with Crippen molar-refractivity contribution in [2.45, 2.75) is 6.54 Å². The van der Waals surface area contributed by atoms with Crippen molar-refractivity contribution in [3.8, 4) is 0 Å². The van der Waals surface area contributed by atoms with Gasteiger partial charge in [-0.15, -0.1) is 0 Å². The van der Waals surface area contributed by atoms with E-state index in [9.17, 15) is 4.79 Å². The highest BCUT2D eigenvalue weighted by molar-refractivity contribution is 9.10. The van der Waals surface area contributed by atoms with Gasteiger partial charge in [0.2, 0.25) is 0 Å². The van der Waals surface area contributed by atoms with Gasteiger partial charge in [-0.25, -0.2) is 4.68 Å². The Balaban J connectivity index is 2.53. The first-order chi connectivity index (χ1) is 7.72. The van der Waals surface area contributed by atoms with Gasteiger partial charge in [0.05, 0.1) is 18.1 Å². The Bertz CT molecular complexity index is 567. The van der Waals surface area contributed by atoms with Crippen LogP contribution in [0.2, 0.25) is 0 Å². The third-order valence-electron chi connectivity index (χ3n) is 2.32. The zero-order chi connectivity index (χ0) is 11.5. The van der Waals surface area contributed by atoms with Crippen molar-refractivity contribution >= 4 is 38.5 Å². The van der Waals surface area contributed by atoms with Crippen LogP contribution in [0.4, 0.5) is 0 Å². The van der Waals surface area contributed by atoms with Crippen LogP contribution in [-0.2, 0) is 6.54 Å². The van der Waals surface area contributed by atoms with E-state index in [4.69, 9.17) is 0 Å². The molecule has 3 nitrogen and oxygen atoms in total. The van der Waals surface area contributed by atoms with Crippen LogP contribution in [0.25, 0.3) is 10.8 Å². The van der Waals surface area contributed by atoms with E-state index in [1.165, 1.54) is 4.68 Å². The average molecular weight is 299 g/mol. The molecule has 0 fully saturated rings.